The number of Topliss-reactive ketones (excluding diaryl/α,β-unsaturated/α-hetero) is 2. The number of nitrogens with two attached hydrogens (primary N) is 1. The van der Waals surface area contributed by atoms with Crippen LogP contribution in [0.5, 0.6) is 5.75 Å². The second kappa shape index (κ2) is 11.6. The zero-order chi connectivity index (χ0) is 34.1. The molecule has 10 nitrogen and oxygen atoms in total. The maximum Gasteiger partial charge on any atom is 0.251 e. The van der Waals surface area contributed by atoms with Crippen LogP contribution in [0.4, 0.5) is 0 Å². The second-order valence-corrected chi connectivity index (χ2v) is 15.0. The van der Waals surface area contributed by atoms with E-state index in [4.69, 9.17) is 5.73 Å². The number of phenolic OH excluding ortho intramolecular Hbond substituents is 1. The molecule has 0 heterocycles. The Hall–Kier alpha value is -3.60. The molecule has 2 amide bonds. The SMILES string of the molecule is CC(C)CCNC(=O)c1ccc(-c2ccc(O)c3c2C[C@]2(C)C[C@]4(C)[C@@H](C(C)C)C(O)[C@@H](C(N)=O)C(=O)[C@]4(O)C(O)[C@H]2C3=O)cc1. The van der Waals surface area contributed by atoms with Gasteiger partial charge in [0.2, 0.25) is 5.91 Å². The first-order valence-corrected chi connectivity index (χ1v) is 16.1. The van der Waals surface area contributed by atoms with Crippen molar-refractivity contribution in [1.29, 1.82) is 0 Å². The lowest BCUT2D eigenvalue weighted by Crippen LogP contribution is -2.79. The van der Waals surface area contributed by atoms with Gasteiger partial charge >= 0.3 is 0 Å². The van der Waals surface area contributed by atoms with Gasteiger partial charge in [0, 0.05) is 17.5 Å². The molecule has 3 aliphatic rings. The standard InChI is InChI=1S/C36H46N2O8/c1-17(2)13-14-38-33(45)20-9-7-19(8-10-20)21-11-12-23(39)24-22(21)15-34(5)16-35(6)26(18(3)4)29(41)25(32(37)44)30(42)36(35,46)31(43)27(34)28(24)40/h7-12,17-18,25-27,29,31,39,41,43,46H,13-16H2,1-6H3,(H2,37,44)(H,38,45)/t25-,26+,27-,29?,31?,34-,35-,36+/m1/s1. The molecule has 46 heavy (non-hydrogen) atoms. The molecule has 0 saturated heterocycles. The van der Waals surface area contributed by atoms with Gasteiger partial charge in [-0.2, -0.15) is 0 Å². The molecule has 2 fully saturated rings. The van der Waals surface area contributed by atoms with Gasteiger partial charge in [-0.25, -0.2) is 0 Å². The summed E-state index contributed by atoms with van der Waals surface area (Å²) < 4.78 is 0. The number of aliphatic hydroxyl groups is 3. The number of aromatic hydroxyl groups is 1. The van der Waals surface area contributed by atoms with Gasteiger partial charge in [-0.1, -0.05) is 59.7 Å². The molecule has 2 aromatic rings. The third-order valence-electron chi connectivity index (χ3n) is 11.1. The number of phenols is 1. The summed E-state index contributed by atoms with van der Waals surface area (Å²) in [4.78, 5) is 53.3. The first-order chi connectivity index (χ1) is 21.4. The van der Waals surface area contributed by atoms with Gasteiger partial charge in [0.1, 0.15) is 17.8 Å². The fraction of sp³-hybridized carbons (Fsp3) is 0.556. The number of hydrogen-bond donors (Lipinski definition) is 6. The van der Waals surface area contributed by atoms with Crippen molar-refractivity contribution in [2.24, 2.45) is 46.2 Å². The molecule has 5 rings (SSSR count). The number of hydrogen-bond acceptors (Lipinski definition) is 8. The van der Waals surface area contributed by atoms with Gasteiger partial charge < -0.3 is 31.5 Å². The van der Waals surface area contributed by atoms with E-state index < -0.39 is 63.9 Å². The van der Waals surface area contributed by atoms with Gasteiger partial charge in [0.05, 0.1) is 17.6 Å². The monoisotopic (exact) mass is 634 g/mol. The van der Waals surface area contributed by atoms with Crippen molar-refractivity contribution in [3.05, 3.63) is 53.1 Å². The average molecular weight is 635 g/mol. The van der Waals surface area contributed by atoms with E-state index in [0.29, 0.717) is 29.2 Å². The molecular weight excluding hydrogens is 588 g/mol. The van der Waals surface area contributed by atoms with E-state index in [-0.39, 0.29) is 36.0 Å². The normalized spacial score (nSPS) is 33.8. The van der Waals surface area contributed by atoms with Gasteiger partial charge in [-0.05, 0) is 77.3 Å². The highest BCUT2D eigenvalue weighted by Crippen LogP contribution is 2.66. The van der Waals surface area contributed by atoms with Crippen molar-refractivity contribution >= 4 is 23.4 Å². The summed E-state index contributed by atoms with van der Waals surface area (Å²) in [6, 6.07) is 10.1. The number of nitrogens with one attached hydrogen (secondary N) is 1. The number of ketones is 2. The highest BCUT2D eigenvalue weighted by atomic mass is 16.4. The Bertz CT molecular complexity index is 1580. The van der Waals surface area contributed by atoms with E-state index in [1.54, 1.807) is 51.1 Å². The van der Waals surface area contributed by atoms with Crippen LogP contribution in [0.1, 0.15) is 80.7 Å². The van der Waals surface area contributed by atoms with Crippen LogP contribution in [-0.2, 0) is 16.0 Å². The molecule has 0 spiro atoms. The molecule has 248 valence electrons. The third kappa shape index (κ3) is 4.88. The number of amides is 2. The zero-order valence-corrected chi connectivity index (χ0v) is 27.3. The van der Waals surface area contributed by atoms with Crippen LogP contribution >= 0.6 is 0 Å². The molecule has 8 atom stereocenters. The molecule has 0 aliphatic heterocycles. The smallest absolute Gasteiger partial charge is 0.251 e. The Morgan fingerprint density at radius 2 is 1.65 bits per heavy atom. The summed E-state index contributed by atoms with van der Waals surface area (Å²) in [5.74, 6) is -7.05. The highest BCUT2D eigenvalue weighted by Gasteiger charge is 2.75. The summed E-state index contributed by atoms with van der Waals surface area (Å²) in [7, 11) is 0. The summed E-state index contributed by atoms with van der Waals surface area (Å²) in [5.41, 5.74) is 2.95. The van der Waals surface area contributed by atoms with E-state index in [1.807, 2.05) is 6.92 Å². The lowest BCUT2D eigenvalue weighted by Gasteiger charge is -2.66. The van der Waals surface area contributed by atoms with Gasteiger partial charge in [0.25, 0.3) is 5.91 Å². The van der Waals surface area contributed by atoms with Crippen LogP contribution in [0.15, 0.2) is 36.4 Å². The van der Waals surface area contributed by atoms with Crippen LogP contribution < -0.4 is 11.1 Å². The second-order valence-electron chi connectivity index (χ2n) is 15.0. The predicted octanol–water partition coefficient (Wildman–Crippen LogP) is 3.02. The number of carbonyl (C=O) groups is 4. The first-order valence-electron chi connectivity index (χ1n) is 16.1. The highest BCUT2D eigenvalue weighted by molar-refractivity contribution is 6.09. The van der Waals surface area contributed by atoms with Gasteiger partial charge in [-0.3, -0.25) is 19.2 Å². The quantitative estimate of drug-likeness (QED) is 0.251. The molecule has 7 N–H and O–H groups in total. The van der Waals surface area contributed by atoms with Crippen LogP contribution in [0.3, 0.4) is 0 Å². The molecule has 3 aliphatic carbocycles. The van der Waals surface area contributed by atoms with Gasteiger partial charge in [-0.15, -0.1) is 0 Å². The Morgan fingerprint density at radius 3 is 2.22 bits per heavy atom. The van der Waals surface area contributed by atoms with Crippen LogP contribution in [0.25, 0.3) is 11.1 Å². The molecule has 2 saturated carbocycles. The summed E-state index contributed by atoms with van der Waals surface area (Å²) >= 11 is 0. The number of benzene rings is 2. The predicted molar refractivity (Wildman–Crippen MR) is 171 cm³/mol. The van der Waals surface area contributed by atoms with Crippen LogP contribution in [0, 0.1) is 40.4 Å². The minimum Gasteiger partial charge on any atom is -0.507 e. The average Bonchev–Trinajstić information content (AvgIpc) is 2.94. The minimum absolute atomic E-state index is 0.00288. The Morgan fingerprint density at radius 1 is 1.02 bits per heavy atom. The molecular formula is C36H46N2O8. The van der Waals surface area contributed by atoms with Crippen LogP contribution in [0.2, 0.25) is 0 Å². The van der Waals surface area contributed by atoms with E-state index in [9.17, 15) is 39.6 Å². The van der Waals surface area contributed by atoms with Gasteiger partial charge in [0.15, 0.2) is 17.2 Å². The maximum absolute atomic E-state index is 14.3. The molecule has 0 radical (unpaired) electrons. The minimum atomic E-state index is -2.56. The fourth-order valence-corrected chi connectivity index (χ4v) is 9.18. The van der Waals surface area contributed by atoms with Crippen molar-refractivity contribution in [2.45, 2.75) is 78.6 Å². The molecule has 2 aromatic carbocycles. The largest absolute Gasteiger partial charge is 0.507 e. The molecule has 10 heteroatoms. The molecule has 0 bridgehead atoms. The topological polar surface area (TPSA) is 187 Å². The number of aliphatic hydroxyl groups excluding tert-OH is 2. The Kier molecular flexibility index (Phi) is 8.49. The number of primary amides is 1. The first kappa shape index (κ1) is 33.8. The van der Waals surface area contributed by atoms with E-state index in [1.165, 1.54) is 6.07 Å². The lowest BCUT2D eigenvalue weighted by atomic mass is 9.39. The van der Waals surface area contributed by atoms with Crippen molar-refractivity contribution in [1.82, 2.24) is 5.32 Å². The van der Waals surface area contributed by atoms with Crippen LogP contribution in [-0.4, -0.2) is 68.2 Å². The Labute approximate surface area is 269 Å². The van der Waals surface area contributed by atoms with Crippen molar-refractivity contribution in [2.75, 3.05) is 6.54 Å². The molecule has 2 unspecified atom stereocenters. The molecule has 0 aromatic heterocycles. The summed E-state index contributed by atoms with van der Waals surface area (Å²) in [6.07, 6.45) is -2.30. The number of carbonyl (C=O) groups excluding carboxylic acids is 4. The van der Waals surface area contributed by atoms with E-state index in [2.05, 4.69) is 19.2 Å². The summed E-state index contributed by atoms with van der Waals surface area (Å²) in [6.45, 7) is 11.8. The van der Waals surface area contributed by atoms with Crippen molar-refractivity contribution in [3.63, 3.8) is 0 Å². The third-order valence-corrected chi connectivity index (χ3v) is 11.1. The fourth-order valence-electron chi connectivity index (χ4n) is 9.18. The zero-order valence-electron chi connectivity index (χ0n) is 27.3. The number of fused-ring (bicyclic) bond motifs is 3. The van der Waals surface area contributed by atoms with E-state index in [0.717, 1.165) is 12.0 Å². The lowest BCUT2D eigenvalue weighted by molar-refractivity contribution is -0.265. The van der Waals surface area contributed by atoms with Crippen molar-refractivity contribution < 1.29 is 39.6 Å². The Balaban J connectivity index is 1.59. The maximum atomic E-state index is 14.3. The van der Waals surface area contributed by atoms with Crippen molar-refractivity contribution in [3.8, 4) is 16.9 Å². The number of rotatable bonds is 7. The summed E-state index contributed by atoms with van der Waals surface area (Å²) in [5, 5.41) is 49.5. The van der Waals surface area contributed by atoms with E-state index >= 15 is 0 Å².